The van der Waals surface area contributed by atoms with E-state index in [0.717, 1.165) is 16.6 Å². The Balaban J connectivity index is 1.57. The smallest absolute Gasteiger partial charge is 0.241 e. The summed E-state index contributed by atoms with van der Waals surface area (Å²) in [7, 11) is 0. The van der Waals surface area contributed by atoms with Crippen LogP contribution in [0.5, 0.6) is 5.75 Å². The zero-order valence-electron chi connectivity index (χ0n) is 13.2. The van der Waals surface area contributed by atoms with Crippen LogP contribution in [0.4, 0.5) is 0 Å². The number of nitrogens with one attached hydrogen (secondary N) is 1. The van der Waals surface area contributed by atoms with Crippen LogP contribution in [-0.4, -0.2) is 31.7 Å². The zero-order chi connectivity index (χ0) is 16.9. The van der Waals surface area contributed by atoms with Gasteiger partial charge in [0.05, 0.1) is 17.8 Å². The van der Waals surface area contributed by atoms with E-state index in [-0.39, 0.29) is 18.1 Å². The lowest BCUT2D eigenvalue weighted by Crippen LogP contribution is -2.21. The number of phenolic OH excluding ortho intramolecular Hbond substituents is 1. The first kappa shape index (κ1) is 15.7. The quantitative estimate of drug-likeness (QED) is 0.555. The number of fused-ring (bicyclic) bond motifs is 1. The number of carbonyl (C=O) groups excluding carboxylic acids is 1. The van der Waals surface area contributed by atoms with Crippen LogP contribution in [0, 0.1) is 0 Å². The van der Waals surface area contributed by atoms with Crippen molar-refractivity contribution in [2.45, 2.75) is 19.9 Å². The number of amides is 1. The van der Waals surface area contributed by atoms with Crippen molar-refractivity contribution in [1.82, 2.24) is 20.4 Å². The van der Waals surface area contributed by atoms with Crippen LogP contribution in [-0.2, 0) is 11.3 Å². The van der Waals surface area contributed by atoms with E-state index in [2.05, 4.69) is 20.8 Å². The Morgan fingerprint density at radius 1 is 1.21 bits per heavy atom. The second kappa shape index (κ2) is 6.91. The van der Waals surface area contributed by atoms with Crippen LogP contribution in [0.2, 0.25) is 0 Å². The SMILES string of the molecule is C/C(=N\NC(=O)CCn1nnc2ccccc21)c1ccc(O)cc1. The molecule has 0 saturated heterocycles. The average Bonchev–Trinajstić information content (AvgIpc) is 3.01. The first-order valence-corrected chi connectivity index (χ1v) is 7.54. The van der Waals surface area contributed by atoms with Crippen molar-refractivity contribution in [3.63, 3.8) is 0 Å². The molecule has 0 aliphatic rings. The van der Waals surface area contributed by atoms with Gasteiger partial charge in [-0.2, -0.15) is 5.10 Å². The van der Waals surface area contributed by atoms with Crippen molar-refractivity contribution >= 4 is 22.7 Å². The van der Waals surface area contributed by atoms with E-state index in [0.29, 0.717) is 12.3 Å². The molecule has 2 aromatic carbocycles. The fraction of sp³-hybridized carbons (Fsp3) is 0.176. The number of aromatic hydroxyl groups is 1. The number of hydrazone groups is 1. The Bertz CT molecular complexity index is 883. The normalized spacial score (nSPS) is 11.6. The highest BCUT2D eigenvalue weighted by Crippen LogP contribution is 2.11. The number of hydrogen-bond acceptors (Lipinski definition) is 5. The summed E-state index contributed by atoms with van der Waals surface area (Å²) >= 11 is 0. The van der Waals surface area contributed by atoms with Crippen LogP contribution in [0.25, 0.3) is 11.0 Å². The summed E-state index contributed by atoms with van der Waals surface area (Å²) in [4.78, 5) is 11.9. The summed E-state index contributed by atoms with van der Waals surface area (Å²) in [5, 5.41) is 21.4. The minimum absolute atomic E-state index is 0.190. The molecule has 24 heavy (non-hydrogen) atoms. The summed E-state index contributed by atoms with van der Waals surface area (Å²) in [6, 6.07) is 14.2. The minimum Gasteiger partial charge on any atom is -0.508 e. The summed E-state index contributed by atoms with van der Waals surface area (Å²) < 4.78 is 1.70. The van der Waals surface area contributed by atoms with Crippen molar-refractivity contribution in [3.8, 4) is 5.75 Å². The Morgan fingerprint density at radius 2 is 1.96 bits per heavy atom. The van der Waals surface area contributed by atoms with Gasteiger partial charge in [-0.05, 0) is 48.9 Å². The maximum Gasteiger partial charge on any atom is 0.241 e. The number of nitrogens with zero attached hydrogens (tertiary/aromatic N) is 4. The van der Waals surface area contributed by atoms with Crippen LogP contribution >= 0.6 is 0 Å². The number of para-hydroxylation sites is 1. The van der Waals surface area contributed by atoms with E-state index in [1.54, 1.807) is 35.9 Å². The van der Waals surface area contributed by atoms with Gasteiger partial charge < -0.3 is 5.11 Å². The van der Waals surface area contributed by atoms with Gasteiger partial charge in [0.2, 0.25) is 5.91 Å². The fourth-order valence-electron chi connectivity index (χ4n) is 2.26. The predicted octanol–water partition coefficient (Wildman–Crippen LogP) is 2.07. The van der Waals surface area contributed by atoms with Crippen molar-refractivity contribution in [2.24, 2.45) is 5.10 Å². The molecule has 0 atom stereocenters. The van der Waals surface area contributed by atoms with Crippen LogP contribution in [0.15, 0.2) is 53.6 Å². The standard InChI is InChI=1S/C17H17N5O2/c1-12(13-6-8-14(23)9-7-13)18-20-17(24)10-11-22-16-5-3-2-4-15(16)19-21-22/h2-9,23H,10-11H2,1H3,(H,20,24)/b18-12+. The number of phenols is 1. The molecule has 0 saturated carbocycles. The minimum atomic E-state index is -0.201. The number of carbonyl (C=O) groups is 1. The van der Waals surface area contributed by atoms with E-state index in [1.165, 1.54) is 0 Å². The Hall–Kier alpha value is -3.22. The highest BCUT2D eigenvalue weighted by Gasteiger charge is 2.06. The molecule has 1 amide bonds. The topological polar surface area (TPSA) is 92.4 Å². The largest absolute Gasteiger partial charge is 0.508 e. The van der Waals surface area contributed by atoms with Crippen molar-refractivity contribution in [1.29, 1.82) is 0 Å². The Labute approximate surface area is 138 Å². The molecule has 3 rings (SSSR count). The highest BCUT2D eigenvalue weighted by molar-refractivity contribution is 5.99. The molecule has 0 radical (unpaired) electrons. The molecule has 0 bridgehead atoms. The average molecular weight is 323 g/mol. The Morgan fingerprint density at radius 3 is 2.75 bits per heavy atom. The maximum absolute atomic E-state index is 11.9. The number of rotatable bonds is 5. The molecule has 0 spiro atoms. The number of hydrogen-bond donors (Lipinski definition) is 2. The van der Waals surface area contributed by atoms with Crippen molar-refractivity contribution in [3.05, 3.63) is 54.1 Å². The number of aromatic nitrogens is 3. The van der Waals surface area contributed by atoms with E-state index >= 15 is 0 Å². The zero-order valence-corrected chi connectivity index (χ0v) is 13.2. The first-order valence-electron chi connectivity index (χ1n) is 7.54. The maximum atomic E-state index is 11.9. The fourth-order valence-corrected chi connectivity index (χ4v) is 2.26. The van der Waals surface area contributed by atoms with Gasteiger partial charge >= 0.3 is 0 Å². The molecule has 1 aromatic heterocycles. The molecular weight excluding hydrogens is 306 g/mol. The summed E-state index contributed by atoms with van der Waals surface area (Å²) in [5.74, 6) is -0.0108. The second-order valence-electron chi connectivity index (χ2n) is 5.33. The monoisotopic (exact) mass is 323 g/mol. The lowest BCUT2D eigenvalue weighted by Gasteiger charge is -2.04. The molecule has 0 aliphatic carbocycles. The van der Waals surface area contributed by atoms with Gasteiger partial charge in [-0.3, -0.25) is 4.79 Å². The Kier molecular flexibility index (Phi) is 4.51. The van der Waals surface area contributed by atoms with Gasteiger partial charge in [0.1, 0.15) is 11.3 Å². The van der Waals surface area contributed by atoms with E-state index in [1.807, 2.05) is 24.3 Å². The third-order valence-electron chi connectivity index (χ3n) is 3.60. The third-order valence-corrected chi connectivity index (χ3v) is 3.60. The molecule has 2 N–H and O–H groups in total. The summed E-state index contributed by atoms with van der Waals surface area (Å²) in [6.45, 7) is 2.22. The van der Waals surface area contributed by atoms with Crippen molar-refractivity contribution in [2.75, 3.05) is 0 Å². The molecule has 0 aliphatic heterocycles. The molecule has 122 valence electrons. The van der Waals surface area contributed by atoms with Gasteiger partial charge in [0.25, 0.3) is 0 Å². The van der Waals surface area contributed by atoms with Gasteiger partial charge in [-0.15, -0.1) is 5.10 Å². The lowest BCUT2D eigenvalue weighted by atomic mass is 10.1. The van der Waals surface area contributed by atoms with Crippen LogP contribution in [0.3, 0.4) is 0 Å². The number of benzene rings is 2. The predicted molar refractivity (Wildman–Crippen MR) is 90.6 cm³/mol. The van der Waals surface area contributed by atoms with Gasteiger partial charge in [-0.25, -0.2) is 10.1 Å². The molecule has 3 aromatic rings. The molecule has 1 heterocycles. The molecule has 0 fully saturated rings. The van der Waals surface area contributed by atoms with E-state index in [4.69, 9.17) is 0 Å². The van der Waals surface area contributed by atoms with Crippen LogP contribution < -0.4 is 5.43 Å². The van der Waals surface area contributed by atoms with Crippen LogP contribution in [0.1, 0.15) is 18.9 Å². The highest BCUT2D eigenvalue weighted by atomic mass is 16.3. The molecular formula is C17H17N5O2. The second-order valence-corrected chi connectivity index (χ2v) is 5.33. The van der Waals surface area contributed by atoms with Gasteiger partial charge in [0, 0.05) is 6.42 Å². The third kappa shape index (κ3) is 3.57. The summed E-state index contributed by atoms with van der Waals surface area (Å²) in [6.07, 6.45) is 0.250. The lowest BCUT2D eigenvalue weighted by molar-refractivity contribution is -0.121. The van der Waals surface area contributed by atoms with Gasteiger partial charge in [-0.1, -0.05) is 17.3 Å². The number of aryl methyl sites for hydroxylation is 1. The van der Waals surface area contributed by atoms with E-state index < -0.39 is 0 Å². The van der Waals surface area contributed by atoms with E-state index in [9.17, 15) is 9.90 Å². The van der Waals surface area contributed by atoms with Gasteiger partial charge in [0.15, 0.2) is 0 Å². The molecule has 7 heteroatoms. The molecule has 7 nitrogen and oxygen atoms in total. The molecule has 0 unspecified atom stereocenters. The summed E-state index contributed by atoms with van der Waals surface area (Å²) in [5.41, 5.74) is 5.72. The first-order chi connectivity index (χ1) is 11.6. The van der Waals surface area contributed by atoms with Crippen molar-refractivity contribution < 1.29 is 9.90 Å².